The zero-order chi connectivity index (χ0) is 26.2. The van der Waals surface area contributed by atoms with Gasteiger partial charge in [-0.15, -0.1) is 0 Å². The van der Waals surface area contributed by atoms with E-state index in [4.69, 9.17) is 4.74 Å². The number of rotatable bonds is 10. The number of amides is 3. The Hall–Kier alpha value is -2.77. The van der Waals surface area contributed by atoms with Crippen LogP contribution in [0.1, 0.15) is 86.8 Å². The van der Waals surface area contributed by atoms with Crippen molar-refractivity contribution in [1.29, 1.82) is 0 Å². The van der Waals surface area contributed by atoms with Crippen LogP contribution in [-0.2, 0) is 14.3 Å². The fourth-order valence-electron chi connectivity index (χ4n) is 3.53. The number of phenolic OH excluding ortho intramolecular Hbond substituents is 1. The summed E-state index contributed by atoms with van der Waals surface area (Å²) in [4.78, 5) is 41.6. The lowest BCUT2D eigenvalue weighted by atomic mass is 9.94. The number of aromatic hydroxyl groups is 1. The summed E-state index contributed by atoms with van der Waals surface area (Å²) in [7, 11) is 0. The Morgan fingerprint density at radius 2 is 1.53 bits per heavy atom. The van der Waals surface area contributed by atoms with E-state index >= 15 is 0 Å². The Kier molecular flexibility index (Phi) is 10.9. The molecule has 3 N–H and O–H groups in total. The molecule has 8 heteroatoms. The van der Waals surface area contributed by atoms with Gasteiger partial charge in [-0.2, -0.15) is 0 Å². The molecule has 0 radical (unpaired) electrons. The number of ether oxygens (including phenoxy) is 1. The second-order valence-electron chi connectivity index (χ2n) is 10.2. The van der Waals surface area contributed by atoms with Crippen molar-refractivity contribution in [2.24, 2.45) is 5.92 Å². The monoisotopic (exact) mass is 477 g/mol. The van der Waals surface area contributed by atoms with Gasteiger partial charge in [0.05, 0.1) is 0 Å². The van der Waals surface area contributed by atoms with Gasteiger partial charge in [0.2, 0.25) is 11.8 Å². The van der Waals surface area contributed by atoms with Gasteiger partial charge in [-0.05, 0) is 71.6 Å². The molecule has 0 aliphatic heterocycles. The van der Waals surface area contributed by atoms with Crippen molar-refractivity contribution in [1.82, 2.24) is 15.5 Å². The van der Waals surface area contributed by atoms with Crippen molar-refractivity contribution in [2.45, 2.75) is 105 Å². The van der Waals surface area contributed by atoms with Crippen LogP contribution >= 0.6 is 0 Å². The minimum absolute atomic E-state index is 0.0669. The average Bonchev–Trinajstić information content (AvgIpc) is 2.73. The summed E-state index contributed by atoms with van der Waals surface area (Å²) in [6, 6.07) is 4.04. The Morgan fingerprint density at radius 1 is 0.971 bits per heavy atom. The van der Waals surface area contributed by atoms with E-state index in [0.29, 0.717) is 18.4 Å². The zero-order valence-electron chi connectivity index (χ0n) is 22.1. The fraction of sp³-hybridized carbons (Fsp3) is 0.654. The molecule has 192 valence electrons. The molecule has 0 saturated heterocycles. The highest BCUT2D eigenvalue weighted by Crippen LogP contribution is 2.29. The molecule has 0 aliphatic rings. The molecular weight excluding hydrogens is 434 g/mol. The maximum Gasteiger partial charge on any atom is 0.408 e. The second-order valence-corrected chi connectivity index (χ2v) is 10.2. The van der Waals surface area contributed by atoms with Crippen molar-refractivity contribution in [3.63, 3.8) is 0 Å². The summed E-state index contributed by atoms with van der Waals surface area (Å²) in [6.07, 6.45) is 0.570. The molecule has 8 nitrogen and oxygen atoms in total. The number of nitrogens with one attached hydrogen (secondary N) is 2. The van der Waals surface area contributed by atoms with Gasteiger partial charge in [0.25, 0.3) is 0 Å². The second kappa shape index (κ2) is 12.6. The number of benzene rings is 1. The lowest BCUT2D eigenvalue weighted by molar-refractivity contribution is -0.146. The SMILES string of the molecule is CCC(C)C(NC(=O)OC(C)(C)C)C(=O)N(C(C)CC)C(C(=O)NC(C)C)c1ccc(O)cc1. The van der Waals surface area contributed by atoms with Gasteiger partial charge in [-0.25, -0.2) is 4.79 Å². The van der Waals surface area contributed by atoms with Gasteiger partial charge in [-0.1, -0.05) is 39.3 Å². The molecule has 0 spiro atoms. The van der Waals surface area contributed by atoms with Gasteiger partial charge in [-0.3, -0.25) is 9.59 Å². The zero-order valence-corrected chi connectivity index (χ0v) is 22.1. The molecule has 0 saturated carbocycles. The van der Waals surface area contributed by atoms with E-state index in [9.17, 15) is 19.5 Å². The smallest absolute Gasteiger partial charge is 0.408 e. The molecular formula is C26H43N3O5. The maximum atomic E-state index is 14.0. The van der Waals surface area contributed by atoms with Crippen LogP contribution in [0.2, 0.25) is 0 Å². The first kappa shape index (κ1) is 29.3. The average molecular weight is 478 g/mol. The summed E-state index contributed by atoms with van der Waals surface area (Å²) >= 11 is 0. The van der Waals surface area contributed by atoms with Gasteiger partial charge in [0.15, 0.2) is 0 Å². The van der Waals surface area contributed by atoms with E-state index in [1.54, 1.807) is 37.8 Å². The Bertz CT molecular complexity index is 817. The molecule has 0 aliphatic carbocycles. The van der Waals surface area contributed by atoms with Gasteiger partial charge < -0.3 is 25.4 Å². The predicted molar refractivity (Wildman–Crippen MR) is 133 cm³/mol. The van der Waals surface area contributed by atoms with Crippen molar-refractivity contribution in [2.75, 3.05) is 0 Å². The highest BCUT2D eigenvalue weighted by atomic mass is 16.6. The molecule has 0 bridgehead atoms. The van der Waals surface area contributed by atoms with Crippen molar-refractivity contribution in [3.05, 3.63) is 29.8 Å². The molecule has 0 fully saturated rings. The van der Waals surface area contributed by atoms with Gasteiger partial charge in [0, 0.05) is 12.1 Å². The van der Waals surface area contributed by atoms with Crippen LogP contribution in [0, 0.1) is 5.92 Å². The van der Waals surface area contributed by atoms with Crippen LogP contribution in [0.15, 0.2) is 24.3 Å². The number of carbonyl (C=O) groups is 3. The van der Waals surface area contributed by atoms with Crippen LogP contribution < -0.4 is 10.6 Å². The van der Waals surface area contributed by atoms with Crippen LogP contribution in [0.3, 0.4) is 0 Å². The van der Waals surface area contributed by atoms with E-state index in [-0.39, 0.29) is 35.6 Å². The first-order chi connectivity index (χ1) is 15.7. The molecule has 0 heterocycles. The highest BCUT2D eigenvalue weighted by molar-refractivity contribution is 5.92. The summed E-state index contributed by atoms with van der Waals surface area (Å²) in [5.74, 6) is -0.807. The number of phenols is 1. The Morgan fingerprint density at radius 3 is 1.97 bits per heavy atom. The summed E-state index contributed by atoms with van der Waals surface area (Å²) < 4.78 is 5.41. The van der Waals surface area contributed by atoms with Crippen molar-refractivity contribution >= 4 is 17.9 Å². The van der Waals surface area contributed by atoms with E-state index in [2.05, 4.69) is 10.6 Å². The molecule has 1 aromatic rings. The minimum Gasteiger partial charge on any atom is -0.508 e. The number of hydrogen-bond acceptors (Lipinski definition) is 5. The third-order valence-corrected chi connectivity index (χ3v) is 5.64. The highest BCUT2D eigenvalue weighted by Gasteiger charge is 2.40. The largest absolute Gasteiger partial charge is 0.508 e. The summed E-state index contributed by atoms with van der Waals surface area (Å²) in [5, 5.41) is 15.4. The minimum atomic E-state index is -0.933. The van der Waals surface area contributed by atoms with E-state index in [1.165, 1.54) is 12.1 Å². The van der Waals surface area contributed by atoms with Crippen molar-refractivity contribution in [3.8, 4) is 5.75 Å². The normalized spacial score (nSPS) is 15.1. The van der Waals surface area contributed by atoms with Gasteiger partial charge in [0.1, 0.15) is 23.4 Å². The third kappa shape index (κ3) is 8.54. The molecule has 1 rings (SSSR count). The quantitative estimate of drug-likeness (QED) is 0.459. The van der Waals surface area contributed by atoms with E-state index < -0.39 is 23.8 Å². The van der Waals surface area contributed by atoms with Crippen molar-refractivity contribution < 1.29 is 24.2 Å². The molecule has 4 atom stereocenters. The molecule has 34 heavy (non-hydrogen) atoms. The van der Waals surface area contributed by atoms with Gasteiger partial charge >= 0.3 is 6.09 Å². The fourth-order valence-corrected chi connectivity index (χ4v) is 3.53. The molecule has 3 amide bonds. The Labute approximate surface area is 204 Å². The predicted octanol–water partition coefficient (Wildman–Crippen LogP) is 4.52. The lowest BCUT2D eigenvalue weighted by Gasteiger charge is -2.39. The molecule has 4 unspecified atom stereocenters. The number of nitrogens with zero attached hydrogens (tertiary/aromatic N) is 1. The van der Waals surface area contributed by atoms with Crippen LogP contribution in [0.4, 0.5) is 4.79 Å². The maximum absolute atomic E-state index is 14.0. The summed E-state index contributed by atoms with van der Waals surface area (Å²) in [5.41, 5.74) is -0.139. The number of alkyl carbamates (subject to hydrolysis) is 1. The molecule has 1 aromatic carbocycles. The van der Waals surface area contributed by atoms with Crippen LogP contribution in [0.25, 0.3) is 0 Å². The standard InChI is InChI=1S/C26H43N3O5/c1-10-17(5)21(28-25(33)34-26(7,8)9)24(32)29(18(6)11-2)22(23(31)27-16(3)4)19-12-14-20(30)15-13-19/h12-18,21-22,30H,10-11H2,1-9H3,(H,27,31)(H,28,33). The number of hydrogen-bond donors (Lipinski definition) is 3. The van der Waals surface area contributed by atoms with E-state index in [1.807, 2.05) is 41.5 Å². The lowest BCUT2D eigenvalue weighted by Crippen LogP contribution is -2.57. The van der Waals surface area contributed by atoms with E-state index in [0.717, 1.165) is 0 Å². The first-order valence-electron chi connectivity index (χ1n) is 12.1. The third-order valence-electron chi connectivity index (χ3n) is 5.64. The first-order valence-corrected chi connectivity index (χ1v) is 12.1. The van der Waals surface area contributed by atoms with Crippen LogP contribution in [-0.4, -0.2) is 51.6 Å². The summed E-state index contributed by atoms with van der Waals surface area (Å²) in [6.45, 7) is 16.6. The Balaban J connectivity index is 3.53. The van der Waals surface area contributed by atoms with Crippen LogP contribution in [0.5, 0.6) is 5.75 Å². The number of carbonyl (C=O) groups excluding carboxylic acids is 3. The topological polar surface area (TPSA) is 108 Å². The molecule has 0 aromatic heterocycles.